The zero-order chi connectivity index (χ0) is 21.9. The third-order valence-electron chi connectivity index (χ3n) is 5.28. The van der Waals surface area contributed by atoms with Crippen LogP contribution < -0.4 is 5.32 Å². The molecule has 3 atom stereocenters. The number of nitrogens with zero attached hydrogens (tertiary/aromatic N) is 2. The van der Waals surface area contributed by atoms with Gasteiger partial charge in [0.05, 0.1) is 12.2 Å². The van der Waals surface area contributed by atoms with Gasteiger partial charge in [-0.1, -0.05) is 30.3 Å². The highest BCUT2D eigenvalue weighted by Crippen LogP contribution is 2.27. The molecule has 0 bridgehead atoms. The summed E-state index contributed by atoms with van der Waals surface area (Å²) in [5.41, 5.74) is 1.97. The first-order valence-corrected chi connectivity index (χ1v) is 11.4. The number of amides is 1. The Morgan fingerprint density at radius 1 is 1.10 bits per heavy atom. The van der Waals surface area contributed by atoms with Gasteiger partial charge in [0.1, 0.15) is 0 Å². The van der Waals surface area contributed by atoms with Gasteiger partial charge in [-0.15, -0.1) is 0 Å². The van der Waals surface area contributed by atoms with Crippen LogP contribution in [0.4, 0.5) is 5.69 Å². The highest BCUT2D eigenvalue weighted by atomic mass is 32.2. The van der Waals surface area contributed by atoms with E-state index in [-0.39, 0.29) is 18.1 Å². The predicted octanol–water partition coefficient (Wildman–Crippen LogP) is 3.29. The summed E-state index contributed by atoms with van der Waals surface area (Å²) < 4.78 is 34.8. The summed E-state index contributed by atoms with van der Waals surface area (Å²) in [5, 5.41) is 2.87. The third kappa shape index (κ3) is 5.07. The highest BCUT2D eigenvalue weighted by Gasteiger charge is 2.35. The Kier molecular flexibility index (Phi) is 6.92. The van der Waals surface area contributed by atoms with Crippen LogP contribution in [-0.2, 0) is 14.9 Å². The van der Waals surface area contributed by atoms with Crippen molar-refractivity contribution in [3.8, 4) is 0 Å². The Morgan fingerprint density at radius 2 is 1.73 bits per heavy atom. The van der Waals surface area contributed by atoms with Crippen molar-refractivity contribution in [2.75, 3.05) is 25.5 Å². The van der Waals surface area contributed by atoms with E-state index in [4.69, 9.17) is 4.74 Å². The van der Waals surface area contributed by atoms with Crippen LogP contribution in [0.5, 0.6) is 0 Å². The Hall–Kier alpha value is -2.26. The highest BCUT2D eigenvalue weighted by molar-refractivity contribution is 7.86. The first kappa shape index (κ1) is 22.4. The van der Waals surface area contributed by atoms with Crippen molar-refractivity contribution in [3.05, 3.63) is 65.7 Å². The van der Waals surface area contributed by atoms with Crippen molar-refractivity contribution in [1.82, 2.24) is 8.61 Å². The second kappa shape index (κ2) is 9.26. The molecule has 1 N–H and O–H groups in total. The van der Waals surface area contributed by atoms with E-state index in [2.05, 4.69) is 5.32 Å². The minimum Gasteiger partial charge on any atom is -0.373 e. The minimum absolute atomic E-state index is 0.149. The van der Waals surface area contributed by atoms with E-state index in [0.717, 1.165) is 5.56 Å². The molecule has 0 radical (unpaired) electrons. The van der Waals surface area contributed by atoms with Crippen LogP contribution in [0.1, 0.15) is 42.7 Å². The molecule has 1 saturated heterocycles. The predicted molar refractivity (Wildman–Crippen MR) is 118 cm³/mol. The number of carbonyl (C=O) groups is 1. The standard InChI is InChI=1S/C22H29N3O4S/c1-16-14-25(15-17(2)29-16)30(27,28)24(4)18(3)20-11-8-12-21(13-20)23-22(26)19-9-6-5-7-10-19/h5-13,16-18H,14-15H2,1-4H3,(H,23,26). The number of ether oxygens (including phenoxy) is 1. The van der Waals surface area contributed by atoms with E-state index in [0.29, 0.717) is 24.3 Å². The van der Waals surface area contributed by atoms with Gasteiger partial charge in [-0.3, -0.25) is 4.79 Å². The molecule has 1 aliphatic heterocycles. The summed E-state index contributed by atoms with van der Waals surface area (Å²) in [7, 11) is -2.07. The summed E-state index contributed by atoms with van der Waals surface area (Å²) in [5.74, 6) is -0.210. The summed E-state index contributed by atoms with van der Waals surface area (Å²) in [6.45, 7) is 6.25. The van der Waals surface area contributed by atoms with Gasteiger partial charge in [0.2, 0.25) is 0 Å². The van der Waals surface area contributed by atoms with E-state index in [1.165, 1.54) is 8.61 Å². The molecule has 3 unspecified atom stereocenters. The van der Waals surface area contributed by atoms with Crippen molar-refractivity contribution in [3.63, 3.8) is 0 Å². The van der Waals surface area contributed by atoms with Crippen molar-refractivity contribution in [1.29, 1.82) is 0 Å². The molecule has 3 rings (SSSR count). The normalized spacial score (nSPS) is 21.4. The Labute approximate surface area is 178 Å². The lowest BCUT2D eigenvalue weighted by atomic mass is 10.1. The topological polar surface area (TPSA) is 79.0 Å². The smallest absolute Gasteiger partial charge is 0.282 e. The van der Waals surface area contributed by atoms with Gasteiger partial charge in [0.25, 0.3) is 16.1 Å². The molecule has 162 valence electrons. The van der Waals surface area contributed by atoms with Gasteiger partial charge >= 0.3 is 0 Å². The average Bonchev–Trinajstić information content (AvgIpc) is 2.72. The van der Waals surface area contributed by atoms with Crippen LogP contribution >= 0.6 is 0 Å². The lowest BCUT2D eigenvalue weighted by molar-refractivity contribution is -0.0455. The van der Waals surface area contributed by atoms with Crippen LogP contribution in [0.3, 0.4) is 0 Å². The van der Waals surface area contributed by atoms with Gasteiger partial charge < -0.3 is 10.1 Å². The number of carbonyl (C=O) groups excluding carboxylic acids is 1. The van der Waals surface area contributed by atoms with Crippen LogP contribution in [0.2, 0.25) is 0 Å². The average molecular weight is 432 g/mol. The first-order chi connectivity index (χ1) is 14.2. The maximum Gasteiger partial charge on any atom is 0.282 e. The van der Waals surface area contributed by atoms with Crippen molar-refractivity contribution < 1.29 is 17.9 Å². The molecule has 0 aromatic heterocycles. The van der Waals surface area contributed by atoms with Gasteiger partial charge in [-0.2, -0.15) is 17.0 Å². The molecule has 1 aliphatic rings. The molecule has 1 amide bonds. The van der Waals surface area contributed by atoms with Crippen LogP contribution in [-0.4, -0.2) is 55.3 Å². The molecule has 0 saturated carbocycles. The van der Waals surface area contributed by atoms with Gasteiger partial charge in [-0.25, -0.2) is 0 Å². The van der Waals surface area contributed by atoms with Crippen LogP contribution in [0.25, 0.3) is 0 Å². The molecule has 1 fully saturated rings. The fourth-order valence-corrected chi connectivity index (χ4v) is 5.26. The largest absolute Gasteiger partial charge is 0.373 e. The molecule has 2 aromatic carbocycles. The fraction of sp³-hybridized carbons (Fsp3) is 0.409. The molecule has 7 nitrogen and oxygen atoms in total. The zero-order valence-electron chi connectivity index (χ0n) is 17.8. The monoisotopic (exact) mass is 431 g/mol. The Morgan fingerprint density at radius 3 is 2.37 bits per heavy atom. The summed E-state index contributed by atoms with van der Waals surface area (Å²) in [4.78, 5) is 12.4. The second-order valence-electron chi connectivity index (χ2n) is 7.72. The second-order valence-corrected chi connectivity index (χ2v) is 9.71. The number of anilines is 1. The lowest BCUT2D eigenvalue weighted by Gasteiger charge is -2.38. The number of nitrogens with one attached hydrogen (secondary N) is 1. The molecule has 0 spiro atoms. The molecular formula is C22H29N3O4S. The van der Waals surface area contributed by atoms with E-state index >= 15 is 0 Å². The van der Waals surface area contributed by atoms with Crippen molar-refractivity contribution in [2.45, 2.75) is 39.0 Å². The first-order valence-electron chi connectivity index (χ1n) is 10.0. The quantitative estimate of drug-likeness (QED) is 0.761. The number of hydrogen-bond acceptors (Lipinski definition) is 4. The molecule has 8 heteroatoms. The number of hydrogen-bond donors (Lipinski definition) is 1. The molecule has 30 heavy (non-hydrogen) atoms. The maximum atomic E-state index is 13.2. The molecule has 1 heterocycles. The third-order valence-corrected chi connectivity index (χ3v) is 7.28. The van der Waals surface area contributed by atoms with Crippen LogP contribution in [0.15, 0.2) is 54.6 Å². The molecular weight excluding hydrogens is 402 g/mol. The lowest BCUT2D eigenvalue weighted by Crippen LogP contribution is -2.52. The number of rotatable bonds is 6. The van der Waals surface area contributed by atoms with E-state index in [9.17, 15) is 13.2 Å². The van der Waals surface area contributed by atoms with Gasteiger partial charge in [0.15, 0.2) is 0 Å². The Bertz CT molecular complexity index is 971. The number of morpholine rings is 1. The summed E-state index contributed by atoms with van der Waals surface area (Å²) >= 11 is 0. The van der Waals surface area contributed by atoms with Gasteiger partial charge in [0, 0.05) is 37.4 Å². The number of benzene rings is 2. The maximum absolute atomic E-state index is 13.2. The van der Waals surface area contributed by atoms with Crippen LogP contribution in [0, 0.1) is 0 Å². The SMILES string of the molecule is CC1CN(S(=O)(=O)N(C)C(C)c2cccc(NC(=O)c3ccccc3)c2)CC(C)O1. The van der Waals surface area contributed by atoms with Gasteiger partial charge in [-0.05, 0) is 50.6 Å². The fourth-order valence-electron chi connectivity index (χ4n) is 3.58. The van der Waals surface area contributed by atoms with E-state index < -0.39 is 16.3 Å². The summed E-state index contributed by atoms with van der Waals surface area (Å²) in [6, 6.07) is 15.8. The minimum atomic E-state index is -3.65. The zero-order valence-corrected chi connectivity index (χ0v) is 18.6. The van der Waals surface area contributed by atoms with Crippen molar-refractivity contribution in [2.24, 2.45) is 0 Å². The van der Waals surface area contributed by atoms with Crippen molar-refractivity contribution >= 4 is 21.8 Å². The Balaban J connectivity index is 1.75. The van der Waals surface area contributed by atoms with E-state index in [1.54, 1.807) is 37.4 Å². The molecule has 2 aromatic rings. The van der Waals surface area contributed by atoms with E-state index in [1.807, 2.05) is 45.0 Å². The summed E-state index contributed by atoms with van der Waals surface area (Å²) in [6.07, 6.45) is -0.299. The molecule has 0 aliphatic carbocycles.